The summed E-state index contributed by atoms with van der Waals surface area (Å²) in [6.07, 6.45) is 6.43. The van der Waals surface area contributed by atoms with Gasteiger partial charge < -0.3 is 14.2 Å². The summed E-state index contributed by atoms with van der Waals surface area (Å²) in [7, 11) is 1.66. The van der Waals surface area contributed by atoms with Crippen LogP contribution in [0.25, 0.3) is 0 Å². The van der Waals surface area contributed by atoms with Crippen LogP contribution in [0.5, 0.6) is 5.75 Å². The van der Waals surface area contributed by atoms with Crippen LogP contribution in [-0.4, -0.2) is 34.6 Å². The van der Waals surface area contributed by atoms with Crippen LogP contribution < -0.4 is 4.74 Å². The lowest BCUT2D eigenvalue weighted by Gasteiger charge is -2.42. The molecule has 1 saturated heterocycles. The number of aryl methyl sites for hydroxylation is 1. The van der Waals surface area contributed by atoms with Crippen molar-refractivity contribution in [3.8, 4) is 5.75 Å². The molecule has 6 heteroatoms. The van der Waals surface area contributed by atoms with Crippen molar-refractivity contribution < 1.29 is 14.1 Å². The van der Waals surface area contributed by atoms with Crippen molar-refractivity contribution in [3.05, 3.63) is 41.5 Å². The molecule has 4 rings (SSSR count). The van der Waals surface area contributed by atoms with E-state index in [1.54, 1.807) is 7.11 Å². The molecule has 0 N–H and O–H groups in total. The molecule has 0 bridgehead atoms. The minimum absolute atomic E-state index is 0.158. The Morgan fingerprint density at radius 2 is 2.07 bits per heavy atom. The molecule has 2 fully saturated rings. The number of aromatic nitrogens is 2. The van der Waals surface area contributed by atoms with E-state index in [1.807, 2.05) is 29.2 Å². The number of nitrogens with zero attached hydrogens (tertiary/aromatic N) is 3. The summed E-state index contributed by atoms with van der Waals surface area (Å²) in [5.41, 5.74) is 0.671. The van der Waals surface area contributed by atoms with E-state index in [0.29, 0.717) is 18.2 Å². The summed E-state index contributed by atoms with van der Waals surface area (Å²) in [4.78, 5) is 19.7. The Kier molecular flexibility index (Phi) is 4.89. The Morgan fingerprint density at radius 1 is 1.30 bits per heavy atom. The molecule has 144 valence electrons. The lowest BCUT2D eigenvalue weighted by molar-refractivity contribution is -0.140. The van der Waals surface area contributed by atoms with Gasteiger partial charge in [-0.1, -0.05) is 17.3 Å². The van der Waals surface area contributed by atoms with E-state index in [0.717, 1.165) is 62.3 Å². The molecule has 1 atom stereocenters. The number of hydrogen-bond donors (Lipinski definition) is 0. The summed E-state index contributed by atoms with van der Waals surface area (Å²) < 4.78 is 10.7. The Hall–Kier alpha value is -2.37. The zero-order valence-corrected chi connectivity index (χ0v) is 16.1. The molecule has 1 aromatic heterocycles. The minimum Gasteiger partial charge on any atom is -0.497 e. The maximum atomic E-state index is 13.1. The predicted octanol–water partition coefficient (Wildman–Crippen LogP) is 3.82. The van der Waals surface area contributed by atoms with Gasteiger partial charge >= 0.3 is 0 Å². The quantitative estimate of drug-likeness (QED) is 0.774. The summed E-state index contributed by atoms with van der Waals surface area (Å²) >= 11 is 0. The predicted molar refractivity (Wildman–Crippen MR) is 101 cm³/mol. The van der Waals surface area contributed by atoms with Crippen LogP contribution in [0.1, 0.15) is 68.6 Å². The molecule has 0 spiro atoms. The van der Waals surface area contributed by atoms with Crippen LogP contribution >= 0.6 is 0 Å². The number of likely N-dealkylation sites (tertiary alicyclic amines) is 1. The highest BCUT2D eigenvalue weighted by atomic mass is 16.5. The fourth-order valence-electron chi connectivity index (χ4n) is 3.88. The molecule has 2 aliphatic rings. The molecule has 1 aromatic carbocycles. The SMILES string of the molecule is COc1ccc(CCC(=O)N2CCCCC2(C)c2noc(C3CC3)n2)cc1. The van der Waals surface area contributed by atoms with E-state index in [9.17, 15) is 4.79 Å². The topological polar surface area (TPSA) is 68.5 Å². The van der Waals surface area contributed by atoms with Crippen molar-refractivity contribution in [1.82, 2.24) is 15.0 Å². The molecule has 27 heavy (non-hydrogen) atoms. The van der Waals surface area contributed by atoms with Crippen molar-refractivity contribution in [2.24, 2.45) is 0 Å². The van der Waals surface area contributed by atoms with E-state index in [1.165, 1.54) is 0 Å². The fourth-order valence-corrected chi connectivity index (χ4v) is 3.88. The van der Waals surface area contributed by atoms with Gasteiger partial charge in [0.15, 0.2) is 5.82 Å². The van der Waals surface area contributed by atoms with Crippen molar-refractivity contribution in [1.29, 1.82) is 0 Å². The second-order valence-electron chi connectivity index (χ2n) is 7.85. The first kappa shape index (κ1) is 18.0. The third-order valence-electron chi connectivity index (χ3n) is 5.83. The van der Waals surface area contributed by atoms with Gasteiger partial charge in [0.05, 0.1) is 7.11 Å². The lowest BCUT2D eigenvalue weighted by atomic mass is 9.87. The first-order valence-corrected chi connectivity index (χ1v) is 9.87. The Labute approximate surface area is 159 Å². The standard InChI is InChI=1S/C21H27N3O3/c1-21(20-22-19(27-23-20)16-8-9-16)13-3-4-14-24(21)18(25)12-7-15-5-10-17(26-2)11-6-15/h5-6,10-11,16H,3-4,7-9,12-14H2,1-2H3. The number of amides is 1. The molecule has 1 aliphatic heterocycles. The molecule has 6 nitrogen and oxygen atoms in total. The average Bonchev–Trinajstić information content (AvgIpc) is 3.43. The van der Waals surface area contributed by atoms with Gasteiger partial charge in [-0.2, -0.15) is 4.98 Å². The van der Waals surface area contributed by atoms with E-state index in [2.05, 4.69) is 17.1 Å². The van der Waals surface area contributed by atoms with Gasteiger partial charge in [-0.05, 0) is 63.1 Å². The third-order valence-corrected chi connectivity index (χ3v) is 5.83. The van der Waals surface area contributed by atoms with Gasteiger partial charge in [0.2, 0.25) is 11.8 Å². The van der Waals surface area contributed by atoms with Crippen molar-refractivity contribution in [2.75, 3.05) is 13.7 Å². The first-order valence-electron chi connectivity index (χ1n) is 9.87. The number of piperidine rings is 1. The zero-order valence-electron chi connectivity index (χ0n) is 16.1. The van der Waals surface area contributed by atoms with E-state index < -0.39 is 5.54 Å². The van der Waals surface area contributed by atoms with Gasteiger partial charge in [0.1, 0.15) is 11.3 Å². The Morgan fingerprint density at radius 3 is 2.78 bits per heavy atom. The van der Waals surface area contributed by atoms with Crippen molar-refractivity contribution in [3.63, 3.8) is 0 Å². The molecule has 2 heterocycles. The normalized spacial score (nSPS) is 22.7. The maximum Gasteiger partial charge on any atom is 0.229 e. The summed E-state index contributed by atoms with van der Waals surface area (Å²) in [6.45, 7) is 2.84. The third kappa shape index (κ3) is 3.70. The van der Waals surface area contributed by atoms with Crippen LogP contribution in [0.3, 0.4) is 0 Å². The van der Waals surface area contributed by atoms with Gasteiger partial charge in [0.25, 0.3) is 0 Å². The molecule has 0 radical (unpaired) electrons. The van der Waals surface area contributed by atoms with Crippen LogP contribution in [0.15, 0.2) is 28.8 Å². The van der Waals surface area contributed by atoms with Crippen LogP contribution in [0, 0.1) is 0 Å². The zero-order chi connectivity index (χ0) is 18.9. The summed E-state index contributed by atoms with van der Waals surface area (Å²) in [5.74, 6) is 2.82. The highest BCUT2D eigenvalue weighted by Crippen LogP contribution is 2.41. The molecule has 1 saturated carbocycles. The number of hydrogen-bond acceptors (Lipinski definition) is 5. The Bertz CT molecular complexity index is 797. The number of methoxy groups -OCH3 is 1. The number of benzene rings is 1. The number of carbonyl (C=O) groups excluding carboxylic acids is 1. The van der Waals surface area contributed by atoms with Crippen LogP contribution in [-0.2, 0) is 16.8 Å². The molecular formula is C21H27N3O3. The van der Waals surface area contributed by atoms with E-state index in [4.69, 9.17) is 9.26 Å². The number of carbonyl (C=O) groups is 1. The second kappa shape index (κ2) is 7.33. The average molecular weight is 369 g/mol. The largest absolute Gasteiger partial charge is 0.497 e. The lowest BCUT2D eigenvalue weighted by Crippen LogP contribution is -2.51. The molecule has 1 unspecified atom stereocenters. The summed E-state index contributed by atoms with van der Waals surface area (Å²) in [5, 5.41) is 4.25. The van der Waals surface area contributed by atoms with Gasteiger partial charge in [-0.25, -0.2) is 0 Å². The minimum atomic E-state index is -0.466. The molecular weight excluding hydrogens is 342 g/mol. The molecule has 1 aliphatic carbocycles. The van der Waals surface area contributed by atoms with E-state index >= 15 is 0 Å². The second-order valence-corrected chi connectivity index (χ2v) is 7.85. The molecule has 1 amide bonds. The first-order chi connectivity index (χ1) is 13.1. The number of rotatable bonds is 6. The monoisotopic (exact) mass is 369 g/mol. The van der Waals surface area contributed by atoms with Crippen LogP contribution in [0.4, 0.5) is 0 Å². The van der Waals surface area contributed by atoms with E-state index in [-0.39, 0.29) is 5.91 Å². The number of ether oxygens (including phenoxy) is 1. The highest BCUT2D eigenvalue weighted by Gasteiger charge is 2.43. The van der Waals surface area contributed by atoms with Gasteiger partial charge in [-0.15, -0.1) is 0 Å². The van der Waals surface area contributed by atoms with Crippen molar-refractivity contribution >= 4 is 5.91 Å². The van der Waals surface area contributed by atoms with Crippen molar-refractivity contribution in [2.45, 2.75) is 63.3 Å². The van der Waals surface area contributed by atoms with Gasteiger partial charge in [-0.3, -0.25) is 4.79 Å². The fraction of sp³-hybridized carbons (Fsp3) is 0.571. The Balaban J connectivity index is 1.46. The summed E-state index contributed by atoms with van der Waals surface area (Å²) in [6, 6.07) is 7.90. The van der Waals surface area contributed by atoms with Crippen LogP contribution in [0.2, 0.25) is 0 Å². The smallest absolute Gasteiger partial charge is 0.229 e. The highest BCUT2D eigenvalue weighted by molar-refractivity contribution is 5.77. The van der Waals surface area contributed by atoms with Gasteiger partial charge in [0, 0.05) is 18.9 Å². The molecule has 2 aromatic rings. The maximum absolute atomic E-state index is 13.1.